The van der Waals surface area contributed by atoms with Gasteiger partial charge >= 0.3 is 5.97 Å². The molecule has 0 aliphatic carbocycles. The average molecular weight is 277 g/mol. The fourth-order valence-electron chi connectivity index (χ4n) is 1.92. The third-order valence-corrected chi connectivity index (χ3v) is 3.49. The highest BCUT2D eigenvalue weighted by Gasteiger charge is 2.19. The zero-order valence-corrected chi connectivity index (χ0v) is 12.3. The molecule has 0 saturated heterocycles. The molecular weight excluding hydrogens is 258 g/mol. The topological polar surface area (TPSA) is 38.3 Å². The number of carbonyl (C=O) groups is 1. The summed E-state index contributed by atoms with van der Waals surface area (Å²) in [5.41, 5.74) is 1.71. The highest BCUT2D eigenvalue weighted by atomic mass is 32.2. The Morgan fingerprint density at radius 2 is 2.11 bits per heavy atom. The summed E-state index contributed by atoms with van der Waals surface area (Å²) in [6, 6.07) is 8.10. The normalized spacial score (nSPS) is 15.2. The van der Waals surface area contributed by atoms with Crippen LogP contribution in [0, 0.1) is 0 Å². The lowest BCUT2D eigenvalue weighted by Crippen LogP contribution is -2.23. The molecule has 3 nitrogen and oxygen atoms in total. The number of rotatable bonds is 2. The standard InChI is InChI=1S/C15H19NO2S/c1-15(2,3)18-14(17)10-11-8-9-16-19-13-7-5-4-6-12(11)13/h4-8,16H,9-10H2,1-3H3. The second-order valence-corrected chi connectivity index (χ2v) is 6.37. The summed E-state index contributed by atoms with van der Waals surface area (Å²) >= 11 is 1.60. The molecule has 0 bridgehead atoms. The van der Waals surface area contributed by atoms with Crippen LogP contribution in [0.15, 0.2) is 35.2 Å². The van der Waals surface area contributed by atoms with Gasteiger partial charge in [0.05, 0.1) is 6.42 Å². The van der Waals surface area contributed by atoms with E-state index >= 15 is 0 Å². The first-order valence-corrected chi connectivity index (χ1v) is 7.17. The molecule has 1 aliphatic heterocycles. The van der Waals surface area contributed by atoms with Gasteiger partial charge in [0.25, 0.3) is 0 Å². The molecule has 0 fully saturated rings. The smallest absolute Gasteiger partial charge is 0.310 e. The van der Waals surface area contributed by atoms with Crippen LogP contribution in [-0.2, 0) is 9.53 Å². The molecule has 1 aromatic carbocycles. The minimum Gasteiger partial charge on any atom is -0.460 e. The van der Waals surface area contributed by atoms with Crippen molar-refractivity contribution in [3.63, 3.8) is 0 Å². The average Bonchev–Trinajstić information content (AvgIpc) is 2.50. The number of ether oxygens (including phenoxy) is 1. The molecule has 1 heterocycles. The Morgan fingerprint density at radius 3 is 2.84 bits per heavy atom. The first-order valence-electron chi connectivity index (χ1n) is 6.36. The zero-order valence-electron chi connectivity index (χ0n) is 11.5. The Hall–Kier alpha value is -1.26. The predicted octanol–water partition coefficient (Wildman–Crippen LogP) is 3.41. The lowest BCUT2D eigenvalue weighted by molar-refractivity contribution is -0.153. The van der Waals surface area contributed by atoms with E-state index in [9.17, 15) is 4.79 Å². The number of esters is 1. The van der Waals surface area contributed by atoms with Gasteiger partial charge in [-0.1, -0.05) is 24.3 Å². The summed E-state index contributed by atoms with van der Waals surface area (Å²) in [6.45, 7) is 6.41. The molecule has 0 aromatic heterocycles. The lowest BCUT2D eigenvalue weighted by atomic mass is 10.0. The molecule has 0 amide bonds. The van der Waals surface area contributed by atoms with Crippen molar-refractivity contribution in [2.24, 2.45) is 0 Å². The number of nitrogens with one attached hydrogen (secondary N) is 1. The fourth-order valence-corrected chi connectivity index (χ4v) is 2.69. The first kappa shape index (κ1) is 14.2. The van der Waals surface area contributed by atoms with E-state index in [0.29, 0.717) is 6.42 Å². The summed E-state index contributed by atoms with van der Waals surface area (Å²) in [6.07, 6.45) is 2.37. The number of fused-ring (bicyclic) bond motifs is 1. The van der Waals surface area contributed by atoms with E-state index in [2.05, 4.69) is 16.9 Å². The number of hydrogen-bond donors (Lipinski definition) is 1. The third-order valence-electron chi connectivity index (χ3n) is 2.60. The minimum absolute atomic E-state index is 0.180. The second kappa shape index (κ2) is 5.80. The van der Waals surface area contributed by atoms with Crippen LogP contribution >= 0.6 is 11.9 Å². The maximum atomic E-state index is 12.0. The van der Waals surface area contributed by atoms with Crippen molar-refractivity contribution in [2.45, 2.75) is 37.7 Å². The van der Waals surface area contributed by atoms with Gasteiger partial charge < -0.3 is 4.74 Å². The van der Waals surface area contributed by atoms with Crippen LogP contribution in [0.1, 0.15) is 32.8 Å². The summed E-state index contributed by atoms with van der Waals surface area (Å²) in [7, 11) is 0. The molecule has 2 rings (SSSR count). The highest BCUT2D eigenvalue weighted by Crippen LogP contribution is 2.31. The Labute approximate surface area is 118 Å². The molecule has 0 saturated carbocycles. The van der Waals surface area contributed by atoms with Crippen molar-refractivity contribution in [3.05, 3.63) is 35.9 Å². The minimum atomic E-state index is -0.436. The molecule has 0 radical (unpaired) electrons. The van der Waals surface area contributed by atoms with Crippen molar-refractivity contribution in [1.82, 2.24) is 4.72 Å². The van der Waals surface area contributed by atoms with E-state index in [1.807, 2.05) is 39.0 Å². The van der Waals surface area contributed by atoms with Gasteiger partial charge in [0.15, 0.2) is 0 Å². The number of benzene rings is 1. The van der Waals surface area contributed by atoms with Crippen LogP contribution in [0.2, 0.25) is 0 Å². The fraction of sp³-hybridized carbons (Fsp3) is 0.400. The lowest BCUT2D eigenvalue weighted by Gasteiger charge is -2.20. The van der Waals surface area contributed by atoms with Crippen LogP contribution in [-0.4, -0.2) is 18.1 Å². The van der Waals surface area contributed by atoms with Crippen molar-refractivity contribution >= 4 is 23.5 Å². The number of hydrogen-bond acceptors (Lipinski definition) is 4. The van der Waals surface area contributed by atoms with E-state index in [4.69, 9.17) is 4.74 Å². The van der Waals surface area contributed by atoms with Crippen LogP contribution in [0.5, 0.6) is 0 Å². The second-order valence-electron chi connectivity index (χ2n) is 5.44. The molecule has 1 N–H and O–H groups in total. The van der Waals surface area contributed by atoms with Gasteiger partial charge in [-0.15, -0.1) is 0 Å². The van der Waals surface area contributed by atoms with Gasteiger partial charge in [-0.05, 0) is 49.9 Å². The van der Waals surface area contributed by atoms with Gasteiger partial charge in [0, 0.05) is 11.4 Å². The summed E-state index contributed by atoms with van der Waals surface area (Å²) in [4.78, 5) is 13.1. The van der Waals surface area contributed by atoms with Crippen LogP contribution in [0.25, 0.3) is 5.57 Å². The Balaban J connectivity index is 2.16. The van der Waals surface area contributed by atoms with Crippen molar-refractivity contribution in [1.29, 1.82) is 0 Å². The van der Waals surface area contributed by atoms with E-state index in [1.165, 1.54) is 0 Å². The molecule has 0 spiro atoms. The predicted molar refractivity (Wildman–Crippen MR) is 78.7 cm³/mol. The van der Waals surface area contributed by atoms with E-state index in [1.54, 1.807) is 11.9 Å². The molecule has 4 heteroatoms. The van der Waals surface area contributed by atoms with Gasteiger partial charge in [-0.3, -0.25) is 9.52 Å². The molecule has 19 heavy (non-hydrogen) atoms. The molecular formula is C15H19NO2S. The molecule has 102 valence electrons. The van der Waals surface area contributed by atoms with Crippen LogP contribution in [0.3, 0.4) is 0 Å². The van der Waals surface area contributed by atoms with Crippen molar-refractivity contribution in [2.75, 3.05) is 6.54 Å². The van der Waals surface area contributed by atoms with Gasteiger partial charge in [-0.25, -0.2) is 0 Å². The van der Waals surface area contributed by atoms with Crippen LogP contribution < -0.4 is 4.72 Å². The highest BCUT2D eigenvalue weighted by molar-refractivity contribution is 7.97. The van der Waals surface area contributed by atoms with Gasteiger partial charge in [-0.2, -0.15) is 0 Å². The molecule has 0 atom stereocenters. The monoisotopic (exact) mass is 277 g/mol. The maximum Gasteiger partial charge on any atom is 0.310 e. The summed E-state index contributed by atoms with van der Waals surface area (Å²) in [5, 5.41) is 0. The Kier molecular flexibility index (Phi) is 4.32. The van der Waals surface area contributed by atoms with Crippen molar-refractivity contribution < 1.29 is 9.53 Å². The number of carbonyl (C=O) groups excluding carboxylic acids is 1. The Bertz CT molecular complexity index is 503. The van der Waals surface area contributed by atoms with Crippen molar-refractivity contribution in [3.8, 4) is 0 Å². The largest absolute Gasteiger partial charge is 0.460 e. The van der Waals surface area contributed by atoms with E-state index in [-0.39, 0.29) is 5.97 Å². The summed E-state index contributed by atoms with van der Waals surface area (Å²) in [5.74, 6) is -0.180. The SMILES string of the molecule is CC(C)(C)OC(=O)CC1=CCNSc2ccccc21. The van der Waals surface area contributed by atoms with Crippen LogP contribution in [0.4, 0.5) is 0 Å². The molecule has 0 unspecified atom stereocenters. The first-order chi connectivity index (χ1) is 8.96. The third kappa shape index (κ3) is 4.11. The maximum absolute atomic E-state index is 12.0. The molecule has 1 aromatic rings. The Morgan fingerprint density at radius 1 is 1.37 bits per heavy atom. The molecule has 1 aliphatic rings. The van der Waals surface area contributed by atoms with E-state index in [0.717, 1.165) is 22.6 Å². The van der Waals surface area contributed by atoms with Gasteiger partial charge in [0.1, 0.15) is 5.60 Å². The quantitative estimate of drug-likeness (QED) is 0.664. The van der Waals surface area contributed by atoms with Gasteiger partial charge in [0.2, 0.25) is 0 Å². The van der Waals surface area contributed by atoms with E-state index < -0.39 is 5.60 Å². The summed E-state index contributed by atoms with van der Waals surface area (Å²) < 4.78 is 8.63. The zero-order chi connectivity index (χ0) is 13.9.